The van der Waals surface area contributed by atoms with Gasteiger partial charge in [-0.25, -0.2) is 0 Å². The Kier molecular flexibility index (Phi) is 6.81. The quantitative estimate of drug-likeness (QED) is 0.156. The average molecular weight is 516 g/mol. The first-order valence-corrected chi connectivity index (χ1v) is 12.6. The first-order valence-electron chi connectivity index (χ1n) is 11.8. The first kappa shape index (κ1) is 24.1. The summed E-state index contributed by atoms with van der Waals surface area (Å²) in [7, 11) is 1.82. The van der Waals surface area contributed by atoms with Crippen LogP contribution in [-0.4, -0.2) is 34.1 Å². The van der Waals surface area contributed by atoms with Crippen molar-refractivity contribution in [2.75, 3.05) is 18.6 Å². The van der Waals surface area contributed by atoms with Crippen molar-refractivity contribution in [3.05, 3.63) is 101 Å². The smallest absolute Gasteiger partial charge is 0.281 e. The van der Waals surface area contributed by atoms with Crippen molar-refractivity contribution in [3.8, 4) is 5.75 Å². The molecule has 1 aliphatic heterocycles. The molecule has 7 heteroatoms. The number of carbonyl (C=O) groups is 1. The number of halogens is 1. The molecule has 1 aromatic heterocycles. The van der Waals surface area contributed by atoms with Gasteiger partial charge >= 0.3 is 0 Å². The van der Waals surface area contributed by atoms with E-state index in [2.05, 4.69) is 42.0 Å². The van der Waals surface area contributed by atoms with E-state index in [1.807, 2.05) is 37.4 Å². The van der Waals surface area contributed by atoms with Crippen LogP contribution >= 0.6 is 23.8 Å². The maximum absolute atomic E-state index is 13.4. The topological polar surface area (TPSA) is 37.7 Å². The summed E-state index contributed by atoms with van der Waals surface area (Å²) in [6, 6.07) is 23.4. The van der Waals surface area contributed by atoms with E-state index in [9.17, 15) is 4.79 Å². The van der Waals surface area contributed by atoms with Crippen molar-refractivity contribution in [2.45, 2.75) is 19.9 Å². The number of rotatable bonds is 7. The normalized spacial score (nSPS) is 14.9. The number of benzene rings is 3. The Morgan fingerprint density at radius 1 is 1.00 bits per heavy atom. The lowest BCUT2D eigenvalue weighted by atomic mass is 10.1. The lowest BCUT2D eigenvalue weighted by molar-refractivity contribution is -0.114. The predicted molar refractivity (Wildman–Crippen MR) is 151 cm³/mol. The average Bonchev–Trinajstić information content (AvgIpc) is 3.33. The van der Waals surface area contributed by atoms with Gasteiger partial charge in [-0.15, -0.1) is 0 Å². The predicted octanol–water partition coefficient (Wildman–Crippen LogP) is 6.68. The standard InChI is InChI=1S/C29H26ClN3O2S/c1-20-8-14-24(15-9-20)35-17-5-16-32-19-21(25-6-3-4-7-26(25)32)18-27-28(34)33(29(36)31(27)2)23-12-10-22(30)11-13-23/h3-4,6-15,18-19H,5,16-17H2,1-2H3/b27-18-. The zero-order valence-corrected chi connectivity index (χ0v) is 21.7. The van der Waals surface area contributed by atoms with Gasteiger partial charge in [0.05, 0.1) is 12.3 Å². The number of thiocarbonyl (C=S) groups is 1. The number of ether oxygens (including phenoxy) is 1. The maximum atomic E-state index is 13.4. The highest BCUT2D eigenvalue weighted by molar-refractivity contribution is 7.80. The molecule has 0 saturated carbocycles. The molecule has 36 heavy (non-hydrogen) atoms. The maximum Gasteiger partial charge on any atom is 0.281 e. The van der Waals surface area contributed by atoms with Crippen LogP contribution in [0.15, 0.2) is 84.7 Å². The molecule has 1 fully saturated rings. The van der Waals surface area contributed by atoms with Gasteiger partial charge < -0.3 is 14.2 Å². The second-order valence-corrected chi connectivity index (χ2v) is 9.60. The largest absolute Gasteiger partial charge is 0.494 e. The van der Waals surface area contributed by atoms with Gasteiger partial charge in [-0.1, -0.05) is 47.5 Å². The molecule has 1 saturated heterocycles. The van der Waals surface area contributed by atoms with Crippen LogP contribution in [0.1, 0.15) is 17.5 Å². The van der Waals surface area contributed by atoms with Gasteiger partial charge in [-0.3, -0.25) is 9.69 Å². The molecule has 0 aliphatic carbocycles. The number of fused-ring (bicyclic) bond motifs is 1. The molecule has 0 spiro atoms. The summed E-state index contributed by atoms with van der Waals surface area (Å²) in [4.78, 5) is 16.7. The van der Waals surface area contributed by atoms with E-state index in [1.54, 1.807) is 34.1 Å². The zero-order valence-electron chi connectivity index (χ0n) is 20.1. The van der Waals surface area contributed by atoms with Gasteiger partial charge in [-0.05, 0) is 74.1 Å². The van der Waals surface area contributed by atoms with E-state index in [0.717, 1.165) is 35.2 Å². The lowest BCUT2D eigenvalue weighted by Crippen LogP contribution is -2.31. The van der Waals surface area contributed by atoms with Crippen LogP contribution in [0.3, 0.4) is 0 Å². The highest BCUT2D eigenvalue weighted by Gasteiger charge is 2.37. The highest BCUT2D eigenvalue weighted by Crippen LogP contribution is 2.31. The van der Waals surface area contributed by atoms with Gasteiger partial charge in [0.1, 0.15) is 11.4 Å². The molecule has 4 aromatic rings. The minimum atomic E-state index is -0.159. The van der Waals surface area contributed by atoms with Crippen LogP contribution in [0, 0.1) is 6.92 Å². The lowest BCUT2D eigenvalue weighted by Gasteiger charge is -2.16. The summed E-state index contributed by atoms with van der Waals surface area (Å²) in [6.07, 6.45) is 4.88. The van der Waals surface area contributed by atoms with Gasteiger partial charge in [-0.2, -0.15) is 0 Å². The van der Waals surface area contributed by atoms with E-state index >= 15 is 0 Å². The molecule has 182 valence electrons. The monoisotopic (exact) mass is 515 g/mol. The fourth-order valence-corrected chi connectivity index (χ4v) is 4.77. The van der Waals surface area contributed by atoms with Gasteiger partial charge in [0.25, 0.3) is 5.91 Å². The van der Waals surface area contributed by atoms with Crippen molar-refractivity contribution in [1.82, 2.24) is 9.47 Å². The Balaban J connectivity index is 1.37. The number of hydrogen-bond donors (Lipinski definition) is 0. The minimum Gasteiger partial charge on any atom is -0.494 e. The van der Waals surface area contributed by atoms with Crippen molar-refractivity contribution in [1.29, 1.82) is 0 Å². The molecular formula is C29H26ClN3O2S. The van der Waals surface area contributed by atoms with E-state index in [1.165, 1.54) is 5.56 Å². The molecule has 0 radical (unpaired) electrons. The van der Waals surface area contributed by atoms with E-state index in [0.29, 0.717) is 28.1 Å². The number of nitrogens with zero attached hydrogens (tertiary/aromatic N) is 3. The van der Waals surface area contributed by atoms with E-state index in [4.69, 9.17) is 28.6 Å². The number of hydrogen-bond acceptors (Lipinski definition) is 3. The summed E-state index contributed by atoms with van der Waals surface area (Å²) in [5, 5.41) is 2.13. The van der Waals surface area contributed by atoms with Crippen LogP contribution in [0.4, 0.5) is 5.69 Å². The molecule has 3 aromatic carbocycles. The molecule has 0 bridgehead atoms. The Bertz CT molecular complexity index is 1460. The van der Waals surface area contributed by atoms with Crippen molar-refractivity contribution < 1.29 is 9.53 Å². The highest BCUT2D eigenvalue weighted by atomic mass is 35.5. The van der Waals surface area contributed by atoms with Gasteiger partial charge in [0.15, 0.2) is 5.11 Å². The minimum absolute atomic E-state index is 0.159. The Morgan fingerprint density at radius 3 is 2.47 bits per heavy atom. The van der Waals surface area contributed by atoms with Gasteiger partial charge in [0, 0.05) is 41.3 Å². The summed E-state index contributed by atoms with van der Waals surface area (Å²) in [5.41, 5.74) is 4.53. The zero-order chi connectivity index (χ0) is 25.2. The number of likely N-dealkylation sites (N-methyl/N-ethyl adjacent to an activating group) is 1. The Morgan fingerprint density at radius 2 is 1.72 bits per heavy atom. The molecule has 0 atom stereocenters. The van der Waals surface area contributed by atoms with Crippen LogP contribution in [-0.2, 0) is 11.3 Å². The molecule has 0 N–H and O–H groups in total. The number of amides is 1. The molecule has 5 rings (SSSR count). The summed E-state index contributed by atoms with van der Waals surface area (Å²) < 4.78 is 8.12. The Labute approximate surface area is 221 Å². The van der Waals surface area contributed by atoms with Crippen molar-refractivity contribution in [2.24, 2.45) is 0 Å². The van der Waals surface area contributed by atoms with Crippen molar-refractivity contribution >= 4 is 57.5 Å². The SMILES string of the molecule is Cc1ccc(OCCCn2cc(/C=C3/C(=O)N(c4ccc(Cl)cc4)C(=S)N3C)c3ccccc32)cc1. The van der Waals surface area contributed by atoms with Crippen LogP contribution in [0.5, 0.6) is 5.75 Å². The molecule has 5 nitrogen and oxygen atoms in total. The van der Waals surface area contributed by atoms with Crippen LogP contribution < -0.4 is 9.64 Å². The summed E-state index contributed by atoms with van der Waals surface area (Å²) >= 11 is 11.6. The van der Waals surface area contributed by atoms with Gasteiger partial charge in [0.2, 0.25) is 0 Å². The number of carbonyl (C=O) groups excluding carboxylic acids is 1. The molecule has 1 amide bonds. The third-order valence-electron chi connectivity index (χ3n) is 6.29. The summed E-state index contributed by atoms with van der Waals surface area (Å²) in [6.45, 7) is 3.49. The second-order valence-electron chi connectivity index (χ2n) is 8.80. The fourth-order valence-electron chi connectivity index (χ4n) is 4.36. The molecule has 1 aliphatic rings. The molecule has 2 heterocycles. The third kappa shape index (κ3) is 4.74. The summed E-state index contributed by atoms with van der Waals surface area (Å²) in [5.74, 6) is 0.723. The number of aryl methyl sites for hydroxylation is 2. The van der Waals surface area contributed by atoms with E-state index in [-0.39, 0.29) is 5.91 Å². The number of anilines is 1. The second kappa shape index (κ2) is 10.2. The van der Waals surface area contributed by atoms with E-state index < -0.39 is 0 Å². The first-order chi connectivity index (χ1) is 17.4. The Hall–Kier alpha value is -3.61. The van der Waals surface area contributed by atoms with Crippen LogP contribution in [0.2, 0.25) is 5.02 Å². The molecular weight excluding hydrogens is 490 g/mol. The van der Waals surface area contributed by atoms with Crippen molar-refractivity contribution in [3.63, 3.8) is 0 Å². The molecule has 0 unspecified atom stereocenters. The number of para-hydroxylation sites is 1. The van der Waals surface area contributed by atoms with Crippen LogP contribution in [0.25, 0.3) is 17.0 Å². The third-order valence-corrected chi connectivity index (χ3v) is 7.00. The number of aromatic nitrogens is 1. The fraction of sp³-hybridized carbons (Fsp3) is 0.172.